The van der Waals surface area contributed by atoms with Crippen LogP contribution in [0.25, 0.3) is 6.08 Å². The van der Waals surface area contributed by atoms with Gasteiger partial charge in [0.05, 0.1) is 10.9 Å². The van der Waals surface area contributed by atoms with Gasteiger partial charge in [-0.1, -0.05) is 64.1 Å². The third-order valence-corrected chi connectivity index (χ3v) is 5.77. The smallest absolute Gasteiger partial charge is 0.244 e. The van der Waals surface area contributed by atoms with Gasteiger partial charge in [-0.15, -0.1) is 0 Å². The first-order valence-corrected chi connectivity index (χ1v) is 11.3. The van der Waals surface area contributed by atoms with Crippen molar-refractivity contribution < 1.29 is 13.2 Å². The first-order valence-electron chi connectivity index (χ1n) is 9.40. The summed E-state index contributed by atoms with van der Waals surface area (Å²) >= 11 is 0. The Morgan fingerprint density at radius 3 is 2.07 bits per heavy atom. The maximum atomic E-state index is 12.3. The molecule has 0 aliphatic heterocycles. The van der Waals surface area contributed by atoms with E-state index >= 15 is 0 Å². The molecule has 0 radical (unpaired) electrons. The standard InChI is InChI=1S/C23H29NO3S/c1-6-21(18-10-14-20(15-11-18)28(5,26)27)24-22(25)16-9-17-7-12-19(13-8-17)23(2,3)4/h7-16,21H,6H2,1-5H3,(H,24,25)/b16-9+. The Balaban J connectivity index is 2.04. The number of carbonyl (C=O) groups is 1. The fraction of sp³-hybridized carbons (Fsp3) is 0.348. The molecule has 0 fully saturated rings. The lowest BCUT2D eigenvalue weighted by Gasteiger charge is -2.18. The molecule has 2 aromatic rings. The summed E-state index contributed by atoms with van der Waals surface area (Å²) in [6, 6.07) is 14.6. The van der Waals surface area contributed by atoms with E-state index in [1.165, 1.54) is 17.9 Å². The molecule has 0 aliphatic carbocycles. The van der Waals surface area contributed by atoms with Crippen LogP contribution in [0, 0.1) is 0 Å². The zero-order valence-corrected chi connectivity index (χ0v) is 18.0. The lowest BCUT2D eigenvalue weighted by molar-refractivity contribution is -0.117. The van der Waals surface area contributed by atoms with Crippen LogP contribution in [-0.2, 0) is 20.0 Å². The zero-order valence-electron chi connectivity index (χ0n) is 17.2. The van der Waals surface area contributed by atoms with Gasteiger partial charge in [0.1, 0.15) is 0 Å². The molecule has 0 saturated heterocycles. The van der Waals surface area contributed by atoms with Crippen molar-refractivity contribution in [3.05, 3.63) is 71.3 Å². The van der Waals surface area contributed by atoms with E-state index in [-0.39, 0.29) is 22.3 Å². The number of benzene rings is 2. The molecule has 1 amide bonds. The Bertz CT molecular complexity index is 935. The molecule has 2 aromatic carbocycles. The Labute approximate surface area is 168 Å². The number of sulfone groups is 1. The number of rotatable bonds is 6. The van der Waals surface area contributed by atoms with Gasteiger partial charge in [0, 0.05) is 12.3 Å². The fourth-order valence-corrected chi connectivity index (χ4v) is 3.48. The highest BCUT2D eigenvalue weighted by Crippen LogP contribution is 2.22. The van der Waals surface area contributed by atoms with Gasteiger partial charge in [0.2, 0.25) is 5.91 Å². The van der Waals surface area contributed by atoms with Gasteiger partial charge in [-0.2, -0.15) is 0 Å². The van der Waals surface area contributed by atoms with E-state index in [9.17, 15) is 13.2 Å². The first kappa shape index (κ1) is 21.9. The first-order chi connectivity index (χ1) is 13.0. The van der Waals surface area contributed by atoms with Crippen LogP contribution in [0.5, 0.6) is 0 Å². The Hall–Kier alpha value is -2.40. The quantitative estimate of drug-likeness (QED) is 0.718. The molecule has 2 rings (SSSR count). The summed E-state index contributed by atoms with van der Waals surface area (Å²) in [5.41, 5.74) is 3.19. The minimum absolute atomic E-state index is 0.0978. The number of amides is 1. The monoisotopic (exact) mass is 399 g/mol. The third-order valence-electron chi connectivity index (χ3n) is 4.64. The van der Waals surface area contributed by atoms with Crippen LogP contribution >= 0.6 is 0 Å². The van der Waals surface area contributed by atoms with E-state index in [1.54, 1.807) is 30.3 Å². The van der Waals surface area contributed by atoms with E-state index in [0.29, 0.717) is 6.42 Å². The summed E-state index contributed by atoms with van der Waals surface area (Å²) in [5.74, 6) is -0.182. The lowest BCUT2D eigenvalue weighted by Crippen LogP contribution is -2.26. The van der Waals surface area contributed by atoms with Gasteiger partial charge in [-0.05, 0) is 46.7 Å². The molecular weight excluding hydrogens is 370 g/mol. The SMILES string of the molecule is CCC(NC(=O)/C=C/c1ccc(C(C)(C)C)cc1)c1ccc(S(C)(=O)=O)cc1. The van der Waals surface area contributed by atoms with Gasteiger partial charge < -0.3 is 5.32 Å². The molecule has 5 heteroatoms. The third kappa shape index (κ3) is 6.06. The van der Waals surface area contributed by atoms with Crippen molar-refractivity contribution in [2.45, 2.75) is 50.5 Å². The van der Waals surface area contributed by atoms with Crippen LogP contribution in [0.4, 0.5) is 0 Å². The van der Waals surface area contributed by atoms with Gasteiger partial charge >= 0.3 is 0 Å². The Kier molecular flexibility index (Phi) is 6.83. The van der Waals surface area contributed by atoms with Crippen molar-refractivity contribution in [1.82, 2.24) is 5.32 Å². The van der Waals surface area contributed by atoms with E-state index in [4.69, 9.17) is 0 Å². The van der Waals surface area contributed by atoms with Crippen LogP contribution in [-0.4, -0.2) is 20.6 Å². The van der Waals surface area contributed by atoms with Gasteiger partial charge in [0.25, 0.3) is 0 Å². The van der Waals surface area contributed by atoms with Crippen molar-refractivity contribution in [1.29, 1.82) is 0 Å². The van der Waals surface area contributed by atoms with Gasteiger partial charge in [-0.25, -0.2) is 8.42 Å². The topological polar surface area (TPSA) is 63.2 Å². The highest BCUT2D eigenvalue weighted by atomic mass is 32.2. The summed E-state index contributed by atoms with van der Waals surface area (Å²) in [6.45, 7) is 8.47. The minimum Gasteiger partial charge on any atom is -0.346 e. The van der Waals surface area contributed by atoms with Crippen LogP contribution < -0.4 is 5.32 Å². The zero-order chi connectivity index (χ0) is 20.9. The average Bonchev–Trinajstić information content (AvgIpc) is 2.63. The maximum absolute atomic E-state index is 12.3. The summed E-state index contributed by atoms with van der Waals surface area (Å²) in [7, 11) is -3.23. The van der Waals surface area contributed by atoms with Crippen LogP contribution in [0.1, 0.15) is 56.8 Å². The number of hydrogen-bond donors (Lipinski definition) is 1. The molecule has 0 aromatic heterocycles. The molecule has 4 nitrogen and oxygen atoms in total. The fourth-order valence-electron chi connectivity index (χ4n) is 2.85. The van der Waals surface area contributed by atoms with Crippen LogP contribution in [0.15, 0.2) is 59.5 Å². The van der Waals surface area contributed by atoms with E-state index in [2.05, 4.69) is 38.2 Å². The molecule has 0 heterocycles. The molecule has 0 saturated carbocycles. The molecular formula is C23H29NO3S. The number of nitrogens with one attached hydrogen (secondary N) is 1. The van der Waals surface area contributed by atoms with E-state index in [1.807, 2.05) is 19.1 Å². The second kappa shape index (κ2) is 8.74. The summed E-state index contributed by atoms with van der Waals surface area (Å²) in [5, 5.41) is 2.97. The van der Waals surface area contributed by atoms with Crippen LogP contribution in [0.2, 0.25) is 0 Å². The van der Waals surface area contributed by atoms with Gasteiger partial charge in [-0.3, -0.25) is 4.79 Å². The van der Waals surface area contributed by atoms with Gasteiger partial charge in [0.15, 0.2) is 9.84 Å². The van der Waals surface area contributed by atoms with Crippen molar-refractivity contribution in [3.63, 3.8) is 0 Å². The minimum atomic E-state index is -3.23. The molecule has 1 atom stereocenters. The van der Waals surface area contributed by atoms with Crippen molar-refractivity contribution >= 4 is 21.8 Å². The average molecular weight is 400 g/mol. The van der Waals surface area contributed by atoms with E-state index in [0.717, 1.165) is 11.1 Å². The maximum Gasteiger partial charge on any atom is 0.244 e. The van der Waals surface area contributed by atoms with Crippen molar-refractivity contribution in [3.8, 4) is 0 Å². The predicted molar refractivity (Wildman–Crippen MR) is 115 cm³/mol. The predicted octanol–water partition coefficient (Wildman–Crippen LogP) is 4.67. The number of carbonyl (C=O) groups excluding carboxylic acids is 1. The lowest BCUT2D eigenvalue weighted by atomic mass is 9.87. The normalized spacial score (nSPS) is 13.5. The highest BCUT2D eigenvalue weighted by molar-refractivity contribution is 7.90. The molecule has 1 N–H and O–H groups in total. The molecule has 0 bridgehead atoms. The largest absolute Gasteiger partial charge is 0.346 e. The molecule has 150 valence electrons. The van der Waals surface area contributed by atoms with Crippen LogP contribution in [0.3, 0.4) is 0 Å². The molecule has 0 aliphatic rings. The second-order valence-electron chi connectivity index (χ2n) is 8.02. The second-order valence-corrected chi connectivity index (χ2v) is 10.0. The molecule has 0 spiro atoms. The summed E-state index contributed by atoms with van der Waals surface area (Å²) in [4.78, 5) is 12.6. The van der Waals surface area contributed by atoms with Crippen molar-refractivity contribution in [2.24, 2.45) is 0 Å². The summed E-state index contributed by atoms with van der Waals surface area (Å²) < 4.78 is 23.2. The Morgan fingerprint density at radius 2 is 1.61 bits per heavy atom. The van der Waals surface area contributed by atoms with Crippen molar-refractivity contribution in [2.75, 3.05) is 6.26 Å². The summed E-state index contributed by atoms with van der Waals surface area (Å²) in [6.07, 6.45) is 5.21. The Morgan fingerprint density at radius 1 is 1.04 bits per heavy atom. The molecule has 28 heavy (non-hydrogen) atoms. The highest BCUT2D eigenvalue weighted by Gasteiger charge is 2.14. The molecule has 1 unspecified atom stereocenters. The number of hydrogen-bond acceptors (Lipinski definition) is 3. The van der Waals surface area contributed by atoms with E-state index < -0.39 is 9.84 Å².